The average molecular weight is 373 g/mol. The number of hydrogen-bond donors (Lipinski definition) is 1. The van der Waals surface area contributed by atoms with E-state index in [0.717, 1.165) is 17.4 Å². The van der Waals surface area contributed by atoms with Crippen LogP contribution in [0.3, 0.4) is 0 Å². The summed E-state index contributed by atoms with van der Waals surface area (Å²) in [6.45, 7) is 0. The lowest BCUT2D eigenvalue weighted by atomic mass is 10.1. The van der Waals surface area contributed by atoms with Gasteiger partial charge in [0.05, 0.1) is 4.90 Å². The van der Waals surface area contributed by atoms with Crippen molar-refractivity contribution in [2.45, 2.75) is 11.3 Å². The molecule has 0 aliphatic rings. The van der Waals surface area contributed by atoms with Crippen molar-refractivity contribution in [2.24, 2.45) is 0 Å². The minimum Gasteiger partial charge on any atom is -0.280 e. The van der Waals surface area contributed by atoms with Crippen molar-refractivity contribution < 1.29 is 8.42 Å². The van der Waals surface area contributed by atoms with Crippen LogP contribution in [0.15, 0.2) is 102 Å². The van der Waals surface area contributed by atoms with Gasteiger partial charge in [0.15, 0.2) is 0 Å². The van der Waals surface area contributed by atoms with Crippen LogP contribution in [-0.4, -0.2) is 8.42 Å². The Morgan fingerprint density at radius 2 is 1.26 bits per heavy atom. The van der Waals surface area contributed by atoms with E-state index >= 15 is 0 Å². The van der Waals surface area contributed by atoms with E-state index in [1.807, 2.05) is 60.7 Å². The molecule has 0 unspecified atom stereocenters. The number of rotatable bonds is 5. The molecule has 0 saturated carbocycles. The summed E-state index contributed by atoms with van der Waals surface area (Å²) in [5, 5.41) is 1.62. The first kappa shape index (κ1) is 17.3. The molecule has 0 atom stereocenters. The molecule has 0 heterocycles. The molecule has 0 saturated heterocycles. The highest BCUT2D eigenvalue weighted by Gasteiger charge is 2.17. The fraction of sp³-hybridized carbons (Fsp3) is 0.0435. The van der Waals surface area contributed by atoms with Crippen LogP contribution >= 0.6 is 0 Å². The van der Waals surface area contributed by atoms with Gasteiger partial charge >= 0.3 is 0 Å². The lowest BCUT2D eigenvalue weighted by Crippen LogP contribution is -2.13. The van der Waals surface area contributed by atoms with Gasteiger partial charge in [-0.3, -0.25) is 4.72 Å². The molecule has 27 heavy (non-hydrogen) atoms. The van der Waals surface area contributed by atoms with E-state index in [1.165, 1.54) is 5.56 Å². The first-order valence-corrected chi connectivity index (χ1v) is 10.2. The molecule has 4 aromatic carbocycles. The minimum absolute atomic E-state index is 0.286. The number of nitrogens with one attached hydrogen (secondary N) is 1. The average Bonchev–Trinajstić information content (AvgIpc) is 2.70. The van der Waals surface area contributed by atoms with Crippen molar-refractivity contribution >= 4 is 26.5 Å². The molecule has 0 aromatic heterocycles. The Kier molecular flexibility index (Phi) is 4.65. The maximum Gasteiger partial charge on any atom is 0.262 e. The Hall–Kier alpha value is -3.11. The molecule has 0 aliphatic heterocycles. The fourth-order valence-electron chi connectivity index (χ4n) is 3.16. The molecule has 1 N–H and O–H groups in total. The van der Waals surface area contributed by atoms with E-state index in [2.05, 4.69) is 16.9 Å². The SMILES string of the molecule is O=S(=O)(Nc1ccc(Cc2ccccc2)cc1)c1cccc2ccccc12. The molecule has 134 valence electrons. The minimum atomic E-state index is -3.66. The van der Waals surface area contributed by atoms with Gasteiger partial charge in [0.2, 0.25) is 0 Å². The normalized spacial score (nSPS) is 11.4. The summed E-state index contributed by atoms with van der Waals surface area (Å²) < 4.78 is 28.5. The molecule has 0 bridgehead atoms. The zero-order chi connectivity index (χ0) is 18.7. The molecular formula is C23H19NO2S. The smallest absolute Gasteiger partial charge is 0.262 e. The zero-order valence-corrected chi connectivity index (χ0v) is 15.5. The Morgan fingerprint density at radius 3 is 2.04 bits per heavy atom. The molecular weight excluding hydrogens is 354 g/mol. The summed E-state index contributed by atoms with van der Waals surface area (Å²) in [7, 11) is -3.66. The standard InChI is InChI=1S/C23H19NO2S/c25-27(26,23-12-6-10-20-9-4-5-11-22(20)23)24-21-15-13-19(14-16-21)17-18-7-2-1-3-8-18/h1-16,24H,17H2. The van der Waals surface area contributed by atoms with Gasteiger partial charge in [0.1, 0.15) is 0 Å². The highest BCUT2D eigenvalue weighted by molar-refractivity contribution is 7.93. The molecule has 0 radical (unpaired) electrons. The van der Waals surface area contributed by atoms with Gasteiger partial charge in [-0.15, -0.1) is 0 Å². The van der Waals surface area contributed by atoms with E-state index in [4.69, 9.17) is 0 Å². The molecule has 3 nitrogen and oxygen atoms in total. The molecule has 0 aliphatic carbocycles. The van der Waals surface area contributed by atoms with Gasteiger partial charge < -0.3 is 0 Å². The van der Waals surface area contributed by atoms with E-state index in [0.29, 0.717) is 11.1 Å². The highest BCUT2D eigenvalue weighted by Crippen LogP contribution is 2.25. The van der Waals surface area contributed by atoms with Crippen LogP contribution < -0.4 is 4.72 Å². The third kappa shape index (κ3) is 3.86. The number of sulfonamides is 1. The summed E-state index contributed by atoms with van der Waals surface area (Å²) in [4.78, 5) is 0.286. The second-order valence-electron chi connectivity index (χ2n) is 6.44. The van der Waals surface area contributed by atoms with E-state index < -0.39 is 10.0 Å². The van der Waals surface area contributed by atoms with Gasteiger partial charge in [-0.25, -0.2) is 8.42 Å². The van der Waals surface area contributed by atoms with E-state index in [-0.39, 0.29) is 4.90 Å². The predicted molar refractivity (Wildman–Crippen MR) is 110 cm³/mol. The van der Waals surface area contributed by atoms with Gasteiger partial charge in [-0.05, 0) is 41.1 Å². The van der Waals surface area contributed by atoms with Crippen molar-refractivity contribution in [3.8, 4) is 0 Å². The molecule has 0 spiro atoms. The Balaban J connectivity index is 1.57. The second-order valence-corrected chi connectivity index (χ2v) is 8.09. The molecule has 0 fully saturated rings. The van der Waals surface area contributed by atoms with Crippen molar-refractivity contribution in [3.05, 3.63) is 108 Å². The summed E-state index contributed by atoms with van der Waals surface area (Å²) in [6.07, 6.45) is 0.817. The third-order valence-electron chi connectivity index (χ3n) is 4.50. The quantitative estimate of drug-likeness (QED) is 0.520. The van der Waals surface area contributed by atoms with Crippen molar-refractivity contribution in [3.63, 3.8) is 0 Å². The number of benzene rings is 4. The van der Waals surface area contributed by atoms with Crippen LogP contribution in [0.1, 0.15) is 11.1 Å². The highest BCUT2D eigenvalue weighted by atomic mass is 32.2. The van der Waals surface area contributed by atoms with Crippen molar-refractivity contribution in [2.75, 3.05) is 4.72 Å². The lowest BCUT2D eigenvalue weighted by molar-refractivity contribution is 0.602. The van der Waals surface area contributed by atoms with Gasteiger partial charge in [0.25, 0.3) is 10.0 Å². The first-order valence-electron chi connectivity index (χ1n) is 8.75. The van der Waals surface area contributed by atoms with Gasteiger partial charge in [-0.1, -0.05) is 78.9 Å². The van der Waals surface area contributed by atoms with Crippen LogP contribution in [0.5, 0.6) is 0 Å². The van der Waals surface area contributed by atoms with Crippen LogP contribution in [-0.2, 0) is 16.4 Å². The largest absolute Gasteiger partial charge is 0.280 e. The molecule has 4 aromatic rings. The third-order valence-corrected chi connectivity index (χ3v) is 5.94. The monoisotopic (exact) mass is 373 g/mol. The fourth-order valence-corrected chi connectivity index (χ4v) is 4.45. The van der Waals surface area contributed by atoms with Crippen molar-refractivity contribution in [1.29, 1.82) is 0 Å². The van der Waals surface area contributed by atoms with Crippen LogP contribution in [0.25, 0.3) is 10.8 Å². The van der Waals surface area contributed by atoms with Crippen LogP contribution in [0, 0.1) is 0 Å². The summed E-state index contributed by atoms with van der Waals surface area (Å²) in [5.74, 6) is 0. The number of fused-ring (bicyclic) bond motifs is 1. The van der Waals surface area contributed by atoms with Crippen LogP contribution in [0.4, 0.5) is 5.69 Å². The summed E-state index contributed by atoms with van der Waals surface area (Å²) >= 11 is 0. The maximum absolute atomic E-state index is 12.9. The Bertz CT molecular complexity index is 1160. The Morgan fingerprint density at radius 1 is 0.630 bits per heavy atom. The number of anilines is 1. The lowest BCUT2D eigenvalue weighted by Gasteiger charge is -2.11. The Labute approximate surface area is 159 Å². The molecule has 4 heteroatoms. The first-order chi connectivity index (χ1) is 13.1. The van der Waals surface area contributed by atoms with Crippen LogP contribution in [0.2, 0.25) is 0 Å². The predicted octanol–water partition coefficient (Wildman–Crippen LogP) is 5.23. The molecule has 0 amide bonds. The summed E-state index contributed by atoms with van der Waals surface area (Å²) in [5.41, 5.74) is 2.91. The topological polar surface area (TPSA) is 46.2 Å². The maximum atomic E-state index is 12.9. The summed E-state index contributed by atoms with van der Waals surface area (Å²) in [6, 6.07) is 30.5. The van der Waals surface area contributed by atoms with Crippen molar-refractivity contribution in [1.82, 2.24) is 0 Å². The molecule has 4 rings (SSSR count). The second kappa shape index (κ2) is 7.25. The number of hydrogen-bond acceptors (Lipinski definition) is 2. The van der Waals surface area contributed by atoms with E-state index in [9.17, 15) is 8.42 Å². The van der Waals surface area contributed by atoms with Gasteiger partial charge in [0, 0.05) is 11.1 Å². The van der Waals surface area contributed by atoms with Gasteiger partial charge in [-0.2, -0.15) is 0 Å². The zero-order valence-electron chi connectivity index (χ0n) is 14.7. The van der Waals surface area contributed by atoms with E-state index in [1.54, 1.807) is 24.3 Å².